The van der Waals surface area contributed by atoms with Crippen LogP contribution < -0.4 is 10.6 Å². The Morgan fingerprint density at radius 3 is 2.81 bits per heavy atom. The highest BCUT2D eigenvalue weighted by atomic mass is 35.5. The zero-order chi connectivity index (χ0) is 19.2. The highest BCUT2D eigenvalue weighted by Gasteiger charge is 2.29. The lowest BCUT2D eigenvalue weighted by molar-refractivity contribution is -0.149. The van der Waals surface area contributed by atoms with E-state index >= 15 is 0 Å². The third-order valence-electron chi connectivity index (χ3n) is 3.80. The molecule has 0 unspecified atom stereocenters. The lowest BCUT2D eigenvalue weighted by atomic mass is 10.2. The van der Waals surface area contributed by atoms with Gasteiger partial charge in [-0.15, -0.1) is 11.8 Å². The highest BCUT2D eigenvalue weighted by Crippen LogP contribution is 2.36. The third-order valence-corrected chi connectivity index (χ3v) is 5.31. The number of hydrogen-bond acceptors (Lipinski definition) is 5. The van der Waals surface area contributed by atoms with Crippen molar-refractivity contribution in [3.63, 3.8) is 0 Å². The van der Waals surface area contributed by atoms with Gasteiger partial charge in [-0.1, -0.05) is 35.9 Å². The summed E-state index contributed by atoms with van der Waals surface area (Å²) in [6.07, 6.45) is -0.105. The molecule has 2 amide bonds. The van der Waals surface area contributed by atoms with Crippen molar-refractivity contribution in [1.29, 1.82) is 0 Å². The number of benzene rings is 2. The van der Waals surface area contributed by atoms with E-state index in [1.54, 1.807) is 24.3 Å². The van der Waals surface area contributed by atoms with Crippen molar-refractivity contribution in [3.05, 3.63) is 59.1 Å². The molecule has 0 radical (unpaired) electrons. The second-order valence-corrected chi connectivity index (χ2v) is 7.54. The van der Waals surface area contributed by atoms with Crippen LogP contribution in [0.4, 0.5) is 5.69 Å². The first-order valence-corrected chi connectivity index (χ1v) is 9.50. The van der Waals surface area contributed by atoms with E-state index in [0.29, 0.717) is 5.02 Å². The number of rotatable bonds is 6. The number of nitrogens with one attached hydrogen (secondary N) is 2. The molecule has 27 heavy (non-hydrogen) atoms. The molecule has 1 heterocycles. The number of hydrogen-bond donors (Lipinski definition) is 2. The molecule has 0 fully saturated rings. The lowest BCUT2D eigenvalue weighted by Crippen LogP contribution is -2.33. The summed E-state index contributed by atoms with van der Waals surface area (Å²) < 4.78 is 4.98. The Morgan fingerprint density at radius 2 is 2.00 bits per heavy atom. The molecule has 2 aromatic carbocycles. The molecule has 1 aliphatic rings. The van der Waals surface area contributed by atoms with Crippen LogP contribution in [0.1, 0.15) is 12.0 Å². The quantitative estimate of drug-likeness (QED) is 0.723. The second kappa shape index (κ2) is 8.92. The van der Waals surface area contributed by atoms with Crippen LogP contribution in [-0.2, 0) is 25.7 Å². The van der Waals surface area contributed by atoms with Crippen LogP contribution in [0.2, 0.25) is 5.02 Å². The van der Waals surface area contributed by atoms with E-state index < -0.39 is 23.7 Å². The maximum atomic E-state index is 12.1. The Morgan fingerprint density at radius 1 is 1.19 bits per heavy atom. The van der Waals surface area contributed by atoms with Crippen LogP contribution in [-0.4, -0.2) is 29.6 Å². The Balaban J connectivity index is 1.43. The van der Waals surface area contributed by atoms with Gasteiger partial charge in [-0.05, 0) is 29.8 Å². The third kappa shape index (κ3) is 5.48. The van der Waals surface area contributed by atoms with Crippen molar-refractivity contribution >= 4 is 46.8 Å². The van der Waals surface area contributed by atoms with Gasteiger partial charge in [0.15, 0.2) is 6.61 Å². The van der Waals surface area contributed by atoms with Crippen LogP contribution in [0, 0.1) is 0 Å². The number of fused-ring (bicyclic) bond motifs is 1. The molecule has 0 bridgehead atoms. The first kappa shape index (κ1) is 19.3. The van der Waals surface area contributed by atoms with Crippen molar-refractivity contribution in [3.8, 4) is 0 Å². The number of carbonyl (C=O) groups is 3. The number of thioether (sulfide) groups is 1. The number of para-hydroxylation sites is 1. The first-order valence-electron chi connectivity index (χ1n) is 8.24. The Bertz CT molecular complexity index is 874. The van der Waals surface area contributed by atoms with Gasteiger partial charge >= 0.3 is 5.97 Å². The minimum Gasteiger partial charge on any atom is -0.456 e. The monoisotopic (exact) mass is 404 g/mol. The summed E-state index contributed by atoms with van der Waals surface area (Å²) in [5.74, 6) is -1.27. The van der Waals surface area contributed by atoms with Gasteiger partial charge in [0.2, 0.25) is 5.91 Å². The fourth-order valence-electron chi connectivity index (χ4n) is 2.48. The number of ether oxygens (including phenoxy) is 1. The predicted molar refractivity (Wildman–Crippen MR) is 104 cm³/mol. The molecule has 6 nitrogen and oxygen atoms in total. The summed E-state index contributed by atoms with van der Waals surface area (Å²) in [6.45, 7) is -0.108. The number of halogens is 1. The fraction of sp³-hybridized carbons (Fsp3) is 0.211. The maximum Gasteiger partial charge on any atom is 0.307 e. The zero-order valence-electron chi connectivity index (χ0n) is 14.2. The molecule has 1 aliphatic heterocycles. The zero-order valence-corrected chi connectivity index (χ0v) is 15.8. The Labute approximate surface area is 165 Å². The molecule has 0 saturated heterocycles. The minimum absolute atomic E-state index is 0.105. The van der Waals surface area contributed by atoms with E-state index in [4.69, 9.17) is 16.3 Å². The smallest absolute Gasteiger partial charge is 0.307 e. The number of esters is 1. The Kier molecular flexibility index (Phi) is 6.36. The summed E-state index contributed by atoms with van der Waals surface area (Å²) in [5, 5.41) is 5.41. The average molecular weight is 405 g/mol. The van der Waals surface area contributed by atoms with Gasteiger partial charge in [0.25, 0.3) is 5.91 Å². The van der Waals surface area contributed by atoms with Gasteiger partial charge in [0.05, 0.1) is 17.4 Å². The van der Waals surface area contributed by atoms with E-state index in [9.17, 15) is 14.4 Å². The number of anilines is 1. The molecule has 2 aromatic rings. The van der Waals surface area contributed by atoms with Crippen molar-refractivity contribution in [1.82, 2.24) is 5.32 Å². The molecule has 2 N–H and O–H groups in total. The molecule has 0 spiro atoms. The van der Waals surface area contributed by atoms with E-state index in [1.807, 2.05) is 24.3 Å². The second-order valence-electron chi connectivity index (χ2n) is 5.86. The molecular formula is C19H17ClN2O4S. The van der Waals surface area contributed by atoms with Crippen LogP contribution in [0.25, 0.3) is 0 Å². The molecule has 0 saturated carbocycles. The van der Waals surface area contributed by atoms with Gasteiger partial charge in [0.1, 0.15) is 0 Å². The summed E-state index contributed by atoms with van der Waals surface area (Å²) in [4.78, 5) is 36.8. The average Bonchev–Trinajstić information content (AvgIpc) is 2.65. The van der Waals surface area contributed by atoms with Gasteiger partial charge in [-0.25, -0.2) is 0 Å². The topological polar surface area (TPSA) is 84.5 Å². The van der Waals surface area contributed by atoms with Crippen LogP contribution in [0.3, 0.4) is 0 Å². The maximum absolute atomic E-state index is 12.1. The predicted octanol–water partition coefficient (Wildman–Crippen LogP) is 3.00. The van der Waals surface area contributed by atoms with Crippen LogP contribution >= 0.6 is 23.4 Å². The normalized spacial score (nSPS) is 15.4. The summed E-state index contributed by atoms with van der Waals surface area (Å²) >= 11 is 7.19. The molecule has 1 atom stereocenters. The van der Waals surface area contributed by atoms with Crippen LogP contribution in [0.5, 0.6) is 0 Å². The highest BCUT2D eigenvalue weighted by molar-refractivity contribution is 8.01. The van der Waals surface area contributed by atoms with Gasteiger partial charge in [-0.2, -0.15) is 0 Å². The van der Waals surface area contributed by atoms with Crippen molar-refractivity contribution in [2.45, 2.75) is 23.1 Å². The first-order chi connectivity index (χ1) is 13.0. The summed E-state index contributed by atoms with van der Waals surface area (Å²) in [6, 6.07) is 14.5. The van der Waals surface area contributed by atoms with Gasteiger partial charge in [0, 0.05) is 16.5 Å². The summed E-state index contributed by atoms with van der Waals surface area (Å²) in [7, 11) is 0. The largest absolute Gasteiger partial charge is 0.456 e. The summed E-state index contributed by atoms with van der Waals surface area (Å²) in [5.41, 5.74) is 1.58. The van der Waals surface area contributed by atoms with Crippen molar-refractivity contribution < 1.29 is 19.1 Å². The van der Waals surface area contributed by atoms with Gasteiger partial charge < -0.3 is 15.4 Å². The molecular weight excluding hydrogens is 388 g/mol. The number of carbonyl (C=O) groups excluding carboxylic acids is 3. The molecule has 140 valence electrons. The van der Waals surface area contributed by atoms with Crippen molar-refractivity contribution in [2.75, 3.05) is 11.9 Å². The molecule has 0 aliphatic carbocycles. The SMILES string of the molecule is O=C(COC(=O)C[C@@H]1Sc2ccccc2NC1=O)NCc1cccc(Cl)c1. The molecule has 3 rings (SSSR count). The Hall–Kier alpha value is -2.51. The lowest BCUT2D eigenvalue weighted by Gasteiger charge is -2.23. The van der Waals surface area contributed by atoms with E-state index in [1.165, 1.54) is 11.8 Å². The van der Waals surface area contributed by atoms with Crippen LogP contribution in [0.15, 0.2) is 53.4 Å². The van der Waals surface area contributed by atoms with Gasteiger partial charge in [-0.3, -0.25) is 14.4 Å². The molecule has 0 aromatic heterocycles. The van der Waals surface area contributed by atoms with E-state index in [0.717, 1.165) is 16.1 Å². The number of amides is 2. The minimum atomic E-state index is -0.597. The molecule has 8 heteroatoms. The standard InChI is InChI=1S/C19H17ClN2O4S/c20-13-5-3-4-12(8-13)10-21-17(23)11-26-18(24)9-16-19(25)22-14-6-1-2-7-15(14)27-16/h1-8,16H,9-11H2,(H,21,23)(H,22,25)/t16-/m0/s1. The fourth-order valence-corrected chi connectivity index (χ4v) is 3.79. The van der Waals surface area contributed by atoms with Crippen molar-refractivity contribution in [2.24, 2.45) is 0 Å². The van der Waals surface area contributed by atoms with E-state index in [2.05, 4.69) is 10.6 Å². The van der Waals surface area contributed by atoms with E-state index in [-0.39, 0.29) is 18.9 Å².